The first kappa shape index (κ1) is 28.9. The van der Waals surface area contributed by atoms with Gasteiger partial charge in [-0.1, -0.05) is 84.9 Å². The van der Waals surface area contributed by atoms with Crippen LogP contribution in [0.1, 0.15) is 11.1 Å². The molecule has 0 saturated carbocycles. The average molecular weight is 577 g/mol. The van der Waals surface area contributed by atoms with Crippen LogP contribution in [0.5, 0.6) is 0 Å². The molecule has 0 atom stereocenters. The molecular formula is C40H36N2O2. The number of nitrogens with zero attached hydrogens (tertiary/aromatic N) is 2. The predicted molar refractivity (Wildman–Crippen MR) is 183 cm³/mol. The van der Waals surface area contributed by atoms with Crippen LogP contribution in [-0.4, -0.2) is 23.4 Å². The average Bonchev–Trinajstić information content (AvgIpc) is 3.08. The molecule has 0 heterocycles. The molecule has 0 aliphatic heterocycles. The van der Waals surface area contributed by atoms with Crippen molar-refractivity contribution < 1.29 is 10.2 Å². The van der Waals surface area contributed by atoms with E-state index in [0.717, 1.165) is 56.4 Å². The molecule has 0 radical (unpaired) electrons. The standard InChI is InChI=1S/C40H36N2O2/c43-27-25-33-29-31(21-23-39(33)41(35-13-5-1-6-14-35)36-15-7-2-8-16-36)32-22-24-40(34(30-32)26-28-44)42(37-17-9-3-10-18-37)38-19-11-4-12-20-38/h1-24,29-30,43-44H,25-28H2. The van der Waals surface area contributed by atoms with Gasteiger partial charge in [-0.2, -0.15) is 0 Å². The molecular weight excluding hydrogens is 540 g/mol. The summed E-state index contributed by atoms with van der Waals surface area (Å²) in [6.45, 7) is 0.0946. The number of aliphatic hydroxyl groups excluding tert-OH is 2. The van der Waals surface area contributed by atoms with Crippen molar-refractivity contribution in [2.45, 2.75) is 12.8 Å². The molecule has 6 aromatic rings. The van der Waals surface area contributed by atoms with Gasteiger partial charge >= 0.3 is 0 Å². The summed E-state index contributed by atoms with van der Waals surface area (Å²) in [5.41, 5.74) is 10.5. The number of hydrogen-bond acceptors (Lipinski definition) is 4. The molecule has 4 nitrogen and oxygen atoms in total. The minimum Gasteiger partial charge on any atom is -0.396 e. The maximum Gasteiger partial charge on any atom is 0.0494 e. The lowest BCUT2D eigenvalue weighted by molar-refractivity contribution is 0.299. The summed E-state index contributed by atoms with van der Waals surface area (Å²) < 4.78 is 0. The van der Waals surface area contributed by atoms with Crippen molar-refractivity contribution in [1.29, 1.82) is 0 Å². The Morgan fingerprint density at radius 2 is 0.659 bits per heavy atom. The summed E-state index contributed by atoms with van der Waals surface area (Å²) in [5, 5.41) is 20.2. The molecule has 0 aliphatic rings. The van der Waals surface area contributed by atoms with Crippen LogP contribution in [0.25, 0.3) is 11.1 Å². The molecule has 0 spiro atoms. The lowest BCUT2D eigenvalue weighted by Crippen LogP contribution is -2.13. The second-order valence-corrected chi connectivity index (χ2v) is 10.6. The van der Waals surface area contributed by atoms with Gasteiger partial charge in [0.2, 0.25) is 0 Å². The van der Waals surface area contributed by atoms with Crippen LogP contribution >= 0.6 is 0 Å². The van der Waals surface area contributed by atoms with E-state index in [1.54, 1.807) is 0 Å². The Balaban J connectivity index is 1.45. The number of anilines is 6. The van der Waals surface area contributed by atoms with Crippen LogP contribution in [0.2, 0.25) is 0 Å². The summed E-state index contributed by atoms with van der Waals surface area (Å²) in [7, 11) is 0. The topological polar surface area (TPSA) is 46.9 Å². The summed E-state index contributed by atoms with van der Waals surface area (Å²) >= 11 is 0. The van der Waals surface area contributed by atoms with Gasteiger partial charge in [0.1, 0.15) is 0 Å². The molecule has 0 aromatic heterocycles. The van der Waals surface area contributed by atoms with E-state index in [1.165, 1.54) is 0 Å². The molecule has 2 N–H and O–H groups in total. The highest BCUT2D eigenvalue weighted by Gasteiger charge is 2.19. The molecule has 0 bridgehead atoms. The second kappa shape index (κ2) is 13.9. The number of para-hydroxylation sites is 4. The maximum absolute atomic E-state index is 10.1. The van der Waals surface area contributed by atoms with E-state index in [-0.39, 0.29) is 13.2 Å². The van der Waals surface area contributed by atoms with Crippen molar-refractivity contribution >= 4 is 34.1 Å². The summed E-state index contributed by atoms with van der Waals surface area (Å²) in [6, 6.07) is 54.3. The second-order valence-electron chi connectivity index (χ2n) is 10.6. The Kier molecular flexibility index (Phi) is 9.12. The van der Waals surface area contributed by atoms with E-state index in [2.05, 4.69) is 94.7 Å². The normalized spacial score (nSPS) is 10.9. The van der Waals surface area contributed by atoms with E-state index in [1.807, 2.05) is 72.8 Å². The molecule has 6 rings (SSSR count). The van der Waals surface area contributed by atoms with E-state index < -0.39 is 0 Å². The fourth-order valence-electron chi connectivity index (χ4n) is 5.77. The Morgan fingerprint density at radius 1 is 0.364 bits per heavy atom. The largest absolute Gasteiger partial charge is 0.396 e. The van der Waals surface area contributed by atoms with Crippen molar-refractivity contribution in [2.75, 3.05) is 23.0 Å². The van der Waals surface area contributed by atoms with Crippen molar-refractivity contribution in [3.05, 3.63) is 169 Å². The van der Waals surface area contributed by atoms with Gasteiger partial charge in [0.05, 0.1) is 0 Å². The zero-order valence-electron chi connectivity index (χ0n) is 24.6. The molecule has 0 amide bonds. The first-order chi connectivity index (χ1) is 21.8. The molecule has 0 unspecified atom stereocenters. The highest BCUT2D eigenvalue weighted by Crippen LogP contribution is 2.41. The minimum atomic E-state index is 0.0473. The van der Waals surface area contributed by atoms with Gasteiger partial charge < -0.3 is 20.0 Å². The molecule has 0 saturated heterocycles. The van der Waals surface area contributed by atoms with Crippen LogP contribution in [0.4, 0.5) is 34.1 Å². The Morgan fingerprint density at radius 3 is 0.932 bits per heavy atom. The fraction of sp³-hybridized carbons (Fsp3) is 0.100. The van der Waals surface area contributed by atoms with E-state index in [9.17, 15) is 10.2 Å². The number of hydrogen-bond donors (Lipinski definition) is 2. The summed E-state index contributed by atoms with van der Waals surface area (Å²) in [5.74, 6) is 0. The van der Waals surface area contributed by atoms with Gasteiger partial charge in [0.15, 0.2) is 0 Å². The van der Waals surface area contributed by atoms with E-state index in [0.29, 0.717) is 12.8 Å². The minimum absolute atomic E-state index is 0.0473. The van der Waals surface area contributed by atoms with Gasteiger partial charge in [-0.25, -0.2) is 0 Å². The van der Waals surface area contributed by atoms with Crippen molar-refractivity contribution in [1.82, 2.24) is 0 Å². The molecule has 4 heteroatoms. The quantitative estimate of drug-likeness (QED) is 0.161. The number of rotatable bonds is 11. The SMILES string of the molecule is OCCc1cc(-c2ccc(N(c3ccccc3)c3ccccc3)c(CCO)c2)ccc1N(c1ccccc1)c1ccccc1. The Labute approximate surface area is 259 Å². The summed E-state index contributed by atoms with van der Waals surface area (Å²) in [6.07, 6.45) is 1.05. The van der Waals surface area contributed by atoms with Gasteiger partial charge in [-0.3, -0.25) is 0 Å². The highest BCUT2D eigenvalue weighted by molar-refractivity contribution is 5.83. The molecule has 6 aromatic carbocycles. The zero-order valence-corrected chi connectivity index (χ0v) is 24.6. The fourth-order valence-corrected chi connectivity index (χ4v) is 5.77. The van der Waals surface area contributed by atoms with Crippen LogP contribution < -0.4 is 9.80 Å². The monoisotopic (exact) mass is 576 g/mol. The molecule has 44 heavy (non-hydrogen) atoms. The van der Waals surface area contributed by atoms with Gasteiger partial charge in [0.25, 0.3) is 0 Å². The Hall–Kier alpha value is -5.16. The van der Waals surface area contributed by atoms with Crippen molar-refractivity contribution in [3.63, 3.8) is 0 Å². The van der Waals surface area contributed by atoms with Gasteiger partial charge in [-0.05, 0) is 108 Å². The Bertz CT molecular complexity index is 1560. The van der Waals surface area contributed by atoms with Crippen LogP contribution in [0.15, 0.2) is 158 Å². The van der Waals surface area contributed by atoms with Crippen molar-refractivity contribution in [2.24, 2.45) is 0 Å². The van der Waals surface area contributed by atoms with E-state index >= 15 is 0 Å². The zero-order chi connectivity index (χ0) is 30.1. The van der Waals surface area contributed by atoms with Crippen molar-refractivity contribution in [3.8, 4) is 11.1 Å². The molecule has 0 aliphatic carbocycles. The van der Waals surface area contributed by atoms with Crippen LogP contribution in [0, 0.1) is 0 Å². The third kappa shape index (κ3) is 6.28. The van der Waals surface area contributed by atoms with Crippen LogP contribution in [-0.2, 0) is 12.8 Å². The third-order valence-corrected chi connectivity index (χ3v) is 7.79. The van der Waals surface area contributed by atoms with Gasteiger partial charge in [-0.15, -0.1) is 0 Å². The maximum atomic E-state index is 10.1. The molecule has 0 fully saturated rings. The number of benzene rings is 6. The first-order valence-corrected chi connectivity index (χ1v) is 15.1. The van der Waals surface area contributed by atoms with E-state index in [4.69, 9.17) is 0 Å². The predicted octanol–water partition coefficient (Wildman–Crippen LogP) is 9.36. The number of aliphatic hydroxyl groups is 2. The third-order valence-electron chi connectivity index (χ3n) is 7.79. The van der Waals surface area contributed by atoms with Crippen LogP contribution in [0.3, 0.4) is 0 Å². The van der Waals surface area contributed by atoms with Gasteiger partial charge in [0, 0.05) is 47.3 Å². The molecule has 218 valence electrons. The smallest absolute Gasteiger partial charge is 0.0494 e. The highest BCUT2D eigenvalue weighted by atomic mass is 16.3. The lowest BCUT2D eigenvalue weighted by atomic mass is 9.96. The first-order valence-electron chi connectivity index (χ1n) is 15.1. The summed E-state index contributed by atoms with van der Waals surface area (Å²) in [4.78, 5) is 4.49. The lowest BCUT2D eigenvalue weighted by Gasteiger charge is -2.29.